The number of nitrogens with zero attached hydrogens (tertiary/aromatic N) is 4. The summed E-state index contributed by atoms with van der Waals surface area (Å²) in [6.07, 6.45) is 4.96. The Morgan fingerprint density at radius 2 is 1.49 bits per heavy atom. The van der Waals surface area contributed by atoms with Crippen LogP contribution in [0.4, 0.5) is 17.1 Å². The number of hydrogen-bond acceptors (Lipinski definition) is 7. The quantitative estimate of drug-likeness (QED) is 0.207. The maximum absolute atomic E-state index is 15.2. The first-order chi connectivity index (χ1) is 24.5. The summed E-state index contributed by atoms with van der Waals surface area (Å²) in [5.74, 6) is -2.09. The molecule has 10 heteroatoms. The van der Waals surface area contributed by atoms with Gasteiger partial charge in [0.25, 0.3) is 5.91 Å². The van der Waals surface area contributed by atoms with Crippen LogP contribution in [0.15, 0.2) is 73.8 Å². The number of ether oxygens (including phenoxy) is 2. The van der Waals surface area contributed by atoms with Crippen molar-refractivity contribution in [2.75, 3.05) is 54.1 Å². The predicted octanol–water partition coefficient (Wildman–Crippen LogP) is 5.84. The fourth-order valence-electron chi connectivity index (χ4n) is 8.73. The summed E-state index contributed by atoms with van der Waals surface area (Å²) >= 11 is 0. The predicted molar refractivity (Wildman–Crippen MR) is 202 cm³/mol. The van der Waals surface area contributed by atoms with Crippen molar-refractivity contribution in [2.45, 2.75) is 84.1 Å². The topological polar surface area (TPSA) is 103 Å². The lowest BCUT2D eigenvalue weighted by atomic mass is 9.66. The number of carbonyl (C=O) groups is 3. The van der Waals surface area contributed by atoms with Gasteiger partial charge in [0.1, 0.15) is 17.4 Å². The Balaban J connectivity index is 1.60. The molecule has 7 atom stereocenters. The highest BCUT2D eigenvalue weighted by Gasteiger charge is 2.79. The lowest BCUT2D eigenvalue weighted by Crippen LogP contribution is -2.60. The van der Waals surface area contributed by atoms with Crippen LogP contribution in [0.5, 0.6) is 5.75 Å². The molecule has 0 aliphatic carbocycles. The summed E-state index contributed by atoms with van der Waals surface area (Å²) in [7, 11) is 0. The molecule has 5 rings (SSSR count). The van der Waals surface area contributed by atoms with Crippen LogP contribution in [0.3, 0.4) is 0 Å². The molecule has 51 heavy (non-hydrogen) atoms. The van der Waals surface area contributed by atoms with Crippen LogP contribution in [0, 0.1) is 17.8 Å². The van der Waals surface area contributed by atoms with Gasteiger partial charge in [0.05, 0.1) is 36.7 Å². The minimum Gasteiger partial charge on any atom is -0.494 e. The van der Waals surface area contributed by atoms with E-state index in [-0.39, 0.29) is 43.3 Å². The number of likely N-dealkylation sites (tertiary alicyclic amines) is 1. The van der Waals surface area contributed by atoms with Gasteiger partial charge in [-0.25, -0.2) is 0 Å². The van der Waals surface area contributed by atoms with E-state index in [0.29, 0.717) is 43.0 Å². The van der Waals surface area contributed by atoms with Gasteiger partial charge >= 0.3 is 0 Å². The molecule has 2 aromatic rings. The van der Waals surface area contributed by atoms with Gasteiger partial charge in [-0.15, -0.1) is 13.2 Å². The Kier molecular flexibility index (Phi) is 11.7. The molecule has 276 valence electrons. The van der Waals surface area contributed by atoms with E-state index in [0.717, 1.165) is 18.8 Å². The molecule has 1 N–H and O–H groups in total. The van der Waals surface area contributed by atoms with Gasteiger partial charge in [-0.3, -0.25) is 14.4 Å². The van der Waals surface area contributed by atoms with Crippen molar-refractivity contribution >= 4 is 34.8 Å². The molecule has 3 saturated heterocycles. The first-order valence-electron chi connectivity index (χ1n) is 18.6. The van der Waals surface area contributed by atoms with E-state index in [1.54, 1.807) is 26.9 Å². The summed E-state index contributed by atoms with van der Waals surface area (Å²) in [5, 5.41) is 10.8. The molecule has 10 nitrogen and oxygen atoms in total. The standard InChI is InChI=1S/C41H56N4O6/c1-9-25-43(31-19-21-32(22-20-31)50-14-6)37(47)34-35-38(48)45(33(27-46)28(7)11-3)36(41(35)24-23-40(34,8)51-41)39(49)44(26-10-2)30-17-15-29(16-18-30)42(12-4)13-5/h9-10,15-22,28,33-36,46H,1-2,11-14,23-27H2,3-8H3/t28-,33-,34+,35-,36?,40-,41?/m0/s1. The lowest BCUT2D eigenvalue weighted by Gasteiger charge is -2.41. The van der Waals surface area contributed by atoms with Gasteiger partial charge in [-0.05, 0) is 95.0 Å². The normalized spacial score (nSPS) is 26.0. The van der Waals surface area contributed by atoms with Crippen LogP contribution in [-0.2, 0) is 19.1 Å². The van der Waals surface area contributed by atoms with Crippen LogP contribution in [0.1, 0.15) is 60.8 Å². The summed E-state index contributed by atoms with van der Waals surface area (Å²) < 4.78 is 12.6. The van der Waals surface area contributed by atoms with Gasteiger partial charge < -0.3 is 34.2 Å². The minimum absolute atomic E-state index is 0.117. The smallest absolute Gasteiger partial charge is 0.253 e. The minimum atomic E-state index is -1.26. The Morgan fingerprint density at radius 3 is 2.00 bits per heavy atom. The third-order valence-electron chi connectivity index (χ3n) is 11.5. The molecule has 2 unspecified atom stereocenters. The summed E-state index contributed by atoms with van der Waals surface area (Å²) in [5.41, 5.74) is 0.130. The molecule has 3 heterocycles. The fraction of sp³-hybridized carbons (Fsp3) is 0.537. The molecule has 3 amide bonds. The number of aliphatic hydroxyl groups is 1. The van der Waals surface area contributed by atoms with Crippen LogP contribution in [-0.4, -0.2) is 90.4 Å². The molecular formula is C41H56N4O6. The van der Waals surface area contributed by atoms with Gasteiger partial charge in [0.2, 0.25) is 11.8 Å². The number of anilines is 3. The molecule has 2 aromatic carbocycles. The third kappa shape index (κ3) is 6.57. The van der Waals surface area contributed by atoms with E-state index in [1.807, 2.05) is 76.2 Å². The molecular weight excluding hydrogens is 644 g/mol. The van der Waals surface area contributed by atoms with Crippen molar-refractivity contribution in [2.24, 2.45) is 17.8 Å². The number of carbonyl (C=O) groups excluding carboxylic acids is 3. The number of rotatable bonds is 17. The SMILES string of the molecule is C=CCN(C(=O)C1N([C@@H](CO)[C@@H](C)CC)C(=O)[C@@H]2[C@H](C(=O)N(CC=C)c3ccc(OCC)cc3)[C@]3(C)CCC12O3)c1ccc(N(CC)CC)cc1. The first-order valence-corrected chi connectivity index (χ1v) is 18.6. The fourth-order valence-corrected chi connectivity index (χ4v) is 8.73. The Labute approximate surface area is 303 Å². The molecule has 1 spiro atoms. The van der Waals surface area contributed by atoms with Crippen molar-refractivity contribution < 1.29 is 29.0 Å². The van der Waals surface area contributed by atoms with E-state index in [4.69, 9.17) is 9.47 Å². The maximum Gasteiger partial charge on any atom is 0.253 e. The van der Waals surface area contributed by atoms with Crippen LogP contribution < -0.4 is 19.4 Å². The van der Waals surface area contributed by atoms with Crippen molar-refractivity contribution in [3.05, 3.63) is 73.8 Å². The van der Waals surface area contributed by atoms with Crippen LogP contribution >= 0.6 is 0 Å². The Bertz CT molecular complexity index is 1580. The molecule has 3 aliphatic heterocycles. The van der Waals surface area contributed by atoms with E-state index in [9.17, 15) is 9.90 Å². The lowest BCUT2D eigenvalue weighted by molar-refractivity contribution is -0.149. The van der Waals surface area contributed by atoms with E-state index < -0.39 is 35.1 Å². The summed E-state index contributed by atoms with van der Waals surface area (Å²) in [4.78, 5) is 52.2. The van der Waals surface area contributed by atoms with Gasteiger partial charge in [-0.1, -0.05) is 32.4 Å². The van der Waals surface area contributed by atoms with Crippen molar-refractivity contribution in [3.8, 4) is 5.75 Å². The van der Waals surface area contributed by atoms with Crippen LogP contribution in [0.25, 0.3) is 0 Å². The Hall–Kier alpha value is -4.15. The van der Waals surface area contributed by atoms with Crippen molar-refractivity contribution in [1.82, 2.24) is 4.90 Å². The maximum atomic E-state index is 15.2. The third-order valence-corrected chi connectivity index (χ3v) is 11.5. The first kappa shape index (κ1) is 38.1. The van der Waals surface area contributed by atoms with Crippen molar-refractivity contribution in [3.63, 3.8) is 0 Å². The second-order valence-electron chi connectivity index (χ2n) is 14.2. The van der Waals surface area contributed by atoms with Crippen molar-refractivity contribution in [1.29, 1.82) is 0 Å². The second kappa shape index (κ2) is 15.6. The zero-order chi connectivity index (χ0) is 37.1. The number of amides is 3. The Morgan fingerprint density at radius 1 is 0.941 bits per heavy atom. The van der Waals surface area contributed by atoms with Gasteiger partial charge in [0.15, 0.2) is 0 Å². The molecule has 3 fully saturated rings. The molecule has 0 saturated carbocycles. The van der Waals surface area contributed by atoms with E-state index >= 15 is 9.59 Å². The average molecular weight is 701 g/mol. The molecule has 2 bridgehead atoms. The molecule has 0 aromatic heterocycles. The highest BCUT2D eigenvalue weighted by atomic mass is 16.5. The monoisotopic (exact) mass is 700 g/mol. The summed E-state index contributed by atoms with van der Waals surface area (Å²) in [6, 6.07) is 13.5. The highest BCUT2D eigenvalue weighted by molar-refractivity contribution is 6.07. The molecule has 3 aliphatic rings. The van der Waals surface area contributed by atoms with Gasteiger partial charge in [-0.2, -0.15) is 0 Å². The average Bonchev–Trinajstić information content (AvgIpc) is 3.71. The zero-order valence-corrected chi connectivity index (χ0v) is 31.2. The zero-order valence-electron chi connectivity index (χ0n) is 31.2. The largest absolute Gasteiger partial charge is 0.494 e. The number of benzene rings is 2. The van der Waals surface area contributed by atoms with Gasteiger partial charge in [0, 0.05) is 43.2 Å². The van der Waals surface area contributed by atoms with E-state index in [2.05, 4.69) is 31.9 Å². The summed E-state index contributed by atoms with van der Waals surface area (Å²) in [6.45, 7) is 22.2. The second-order valence-corrected chi connectivity index (χ2v) is 14.2. The number of fused-ring (bicyclic) bond motifs is 1. The van der Waals surface area contributed by atoms with Crippen LogP contribution in [0.2, 0.25) is 0 Å². The molecule has 0 radical (unpaired) electrons. The van der Waals surface area contributed by atoms with E-state index in [1.165, 1.54) is 0 Å². The highest BCUT2D eigenvalue weighted by Crippen LogP contribution is 2.64. The number of hydrogen-bond donors (Lipinski definition) is 1. The number of aliphatic hydroxyl groups excluding tert-OH is 1.